The molecule has 0 bridgehead atoms. The third kappa shape index (κ3) is 2.07. The summed E-state index contributed by atoms with van der Waals surface area (Å²) >= 11 is 1.45. The van der Waals surface area contributed by atoms with Crippen LogP contribution in [0, 0.1) is 0 Å². The standard InChI is InChI=1S/C11H15BO2S/c1-3-11-9-5-4-8(15-7-13)6-10(9)12(2)14-11/h4-6,11,13H,3,7H2,1-2H3/t11-/m0/s1. The highest BCUT2D eigenvalue weighted by molar-refractivity contribution is 7.99. The predicted molar refractivity (Wildman–Crippen MR) is 64.8 cm³/mol. The smallest absolute Gasteiger partial charge is 0.324 e. The fraction of sp³-hybridized carbons (Fsp3) is 0.455. The Bertz CT molecular complexity index is 356. The summed E-state index contributed by atoms with van der Waals surface area (Å²) in [6.07, 6.45) is 1.27. The van der Waals surface area contributed by atoms with E-state index >= 15 is 0 Å². The van der Waals surface area contributed by atoms with Gasteiger partial charge in [-0.1, -0.05) is 37.6 Å². The van der Waals surface area contributed by atoms with Gasteiger partial charge in [0.05, 0.1) is 12.0 Å². The molecule has 0 aromatic heterocycles. The molecule has 0 saturated carbocycles. The van der Waals surface area contributed by atoms with E-state index in [9.17, 15) is 0 Å². The van der Waals surface area contributed by atoms with E-state index in [-0.39, 0.29) is 19.0 Å². The van der Waals surface area contributed by atoms with E-state index in [4.69, 9.17) is 9.76 Å². The van der Waals surface area contributed by atoms with Crippen LogP contribution < -0.4 is 5.46 Å². The van der Waals surface area contributed by atoms with Crippen molar-refractivity contribution >= 4 is 24.1 Å². The Morgan fingerprint density at radius 3 is 3.00 bits per heavy atom. The Morgan fingerprint density at radius 1 is 1.53 bits per heavy atom. The molecule has 1 aliphatic heterocycles. The monoisotopic (exact) mass is 222 g/mol. The largest absolute Gasteiger partial charge is 0.424 e. The predicted octanol–water partition coefficient (Wildman–Crippen LogP) is 2.04. The van der Waals surface area contributed by atoms with Gasteiger partial charge in [0, 0.05) is 4.90 Å². The van der Waals surface area contributed by atoms with Crippen LogP contribution in [-0.2, 0) is 4.65 Å². The number of fused-ring (bicyclic) bond motifs is 1. The van der Waals surface area contributed by atoms with Crippen LogP contribution in [0.2, 0.25) is 6.82 Å². The first-order valence-corrected chi connectivity index (χ1v) is 6.27. The molecule has 1 heterocycles. The first kappa shape index (κ1) is 11.1. The summed E-state index contributed by atoms with van der Waals surface area (Å²) in [6.45, 7) is 4.41. The van der Waals surface area contributed by atoms with Crippen molar-refractivity contribution in [3.05, 3.63) is 23.8 Å². The van der Waals surface area contributed by atoms with E-state index in [1.165, 1.54) is 22.8 Å². The van der Waals surface area contributed by atoms with E-state index in [1.807, 2.05) is 0 Å². The van der Waals surface area contributed by atoms with Gasteiger partial charge >= 0.3 is 6.92 Å². The van der Waals surface area contributed by atoms with Gasteiger partial charge in [0.2, 0.25) is 0 Å². The highest BCUT2D eigenvalue weighted by Crippen LogP contribution is 2.29. The minimum absolute atomic E-state index is 0.130. The molecular formula is C11H15BO2S. The van der Waals surface area contributed by atoms with E-state index in [0.29, 0.717) is 0 Å². The molecule has 2 rings (SSSR count). The number of rotatable bonds is 3. The second kappa shape index (κ2) is 4.60. The number of thioether (sulfide) groups is 1. The van der Waals surface area contributed by atoms with Gasteiger partial charge in [0.15, 0.2) is 0 Å². The Balaban J connectivity index is 2.32. The van der Waals surface area contributed by atoms with Crippen LogP contribution in [0.1, 0.15) is 25.0 Å². The van der Waals surface area contributed by atoms with Crippen LogP contribution in [0.3, 0.4) is 0 Å². The number of hydrogen-bond acceptors (Lipinski definition) is 3. The fourth-order valence-corrected chi connectivity index (χ4v) is 2.60. The third-order valence-electron chi connectivity index (χ3n) is 2.81. The van der Waals surface area contributed by atoms with Gasteiger partial charge in [-0.3, -0.25) is 0 Å². The maximum atomic E-state index is 8.86. The Labute approximate surface area is 95.1 Å². The summed E-state index contributed by atoms with van der Waals surface area (Å²) < 4.78 is 5.84. The average Bonchev–Trinajstić information content (AvgIpc) is 2.56. The second-order valence-electron chi connectivity index (χ2n) is 3.74. The van der Waals surface area contributed by atoms with Gasteiger partial charge in [-0.2, -0.15) is 0 Å². The van der Waals surface area contributed by atoms with E-state index in [1.54, 1.807) is 0 Å². The normalized spacial score (nSPS) is 19.4. The lowest BCUT2D eigenvalue weighted by molar-refractivity contribution is 0.221. The summed E-state index contributed by atoms with van der Waals surface area (Å²) in [5.41, 5.74) is 2.59. The molecule has 0 radical (unpaired) electrons. The van der Waals surface area contributed by atoms with Crippen molar-refractivity contribution in [2.75, 3.05) is 5.94 Å². The number of aliphatic hydroxyl groups excluding tert-OH is 1. The van der Waals surface area contributed by atoms with Gasteiger partial charge in [0.1, 0.15) is 0 Å². The van der Waals surface area contributed by atoms with Gasteiger partial charge in [-0.25, -0.2) is 0 Å². The number of aliphatic hydroxyl groups is 1. The zero-order valence-corrected chi connectivity index (χ0v) is 9.88. The van der Waals surface area contributed by atoms with Gasteiger partial charge in [-0.15, -0.1) is 0 Å². The first-order valence-electron chi connectivity index (χ1n) is 5.29. The topological polar surface area (TPSA) is 29.5 Å². The Hall–Kier alpha value is -0.445. The van der Waals surface area contributed by atoms with Crippen molar-refractivity contribution in [2.45, 2.75) is 31.2 Å². The lowest BCUT2D eigenvalue weighted by atomic mass is 9.64. The number of benzene rings is 1. The lowest BCUT2D eigenvalue weighted by Gasteiger charge is -2.09. The van der Waals surface area contributed by atoms with Crippen molar-refractivity contribution in [2.24, 2.45) is 0 Å². The summed E-state index contributed by atoms with van der Waals surface area (Å²) in [7, 11) is 0. The van der Waals surface area contributed by atoms with E-state index in [2.05, 4.69) is 31.9 Å². The van der Waals surface area contributed by atoms with Crippen molar-refractivity contribution in [3.63, 3.8) is 0 Å². The first-order chi connectivity index (χ1) is 7.26. The summed E-state index contributed by atoms with van der Waals surface area (Å²) in [4.78, 5) is 1.11. The molecule has 0 unspecified atom stereocenters. The van der Waals surface area contributed by atoms with Gasteiger partial charge < -0.3 is 9.76 Å². The minimum atomic E-state index is 0.130. The molecule has 4 heteroatoms. The molecule has 1 aliphatic rings. The van der Waals surface area contributed by atoms with Crippen LogP contribution in [0.15, 0.2) is 23.1 Å². The van der Waals surface area contributed by atoms with E-state index < -0.39 is 0 Å². The molecule has 1 N–H and O–H groups in total. The van der Waals surface area contributed by atoms with Gasteiger partial charge in [-0.05, 0) is 23.5 Å². The molecule has 1 atom stereocenters. The summed E-state index contributed by atoms with van der Waals surface area (Å²) in [6, 6.07) is 6.32. The average molecular weight is 222 g/mol. The lowest BCUT2D eigenvalue weighted by Crippen LogP contribution is -2.24. The summed E-state index contributed by atoms with van der Waals surface area (Å²) in [5.74, 6) is 0.130. The Kier molecular flexibility index (Phi) is 3.39. The van der Waals surface area contributed by atoms with Crippen molar-refractivity contribution in [1.29, 1.82) is 0 Å². The van der Waals surface area contributed by atoms with Crippen LogP contribution in [0.5, 0.6) is 0 Å². The maximum Gasteiger partial charge on any atom is 0.324 e. The Morgan fingerprint density at radius 2 is 2.33 bits per heavy atom. The van der Waals surface area contributed by atoms with Crippen molar-refractivity contribution < 1.29 is 9.76 Å². The highest BCUT2D eigenvalue weighted by atomic mass is 32.2. The van der Waals surface area contributed by atoms with Gasteiger partial charge in [0.25, 0.3) is 0 Å². The van der Waals surface area contributed by atoms with Crippen LogP contribution in [-0.4, -0.2) is 18.0 Å². The molecule has 0 aliphatic carbocycles. The molecule has 0 amide bonds. The molecule has 15 heavy (non-hydrogen) atoms. The quantitative estimate of drug-likeness (QED) is 0.482. The molecule has 1 aromatic carbocycles. The molecule has 0 spiro atoms. The van der Waals surface area contributed by atoms with Crippen LogP contribution >= 0.6 is 11.8 Å². The fourth-order valence-electron chi connectivity index (χ4n) is 2.07. The molecular weight excluding hydrogens is 207 g/mol. The number of hydrogen-bond donors (Lipinski definition) is 1. The van der Waals surface area contributed by atoms with E-state index in [0.717, 1.165) is 11.3 Å². The summed E-state index contributed by atoms with van der Waals surface area (Å²) in [5, 5.41) is 8.86. The zero-order valence-electron chi connectivity index (χ0n) is 9.06. The maximum absolute atomic E-state index is 8.86. The molecule has 1 aromatic rings. The zero-order chi connectivity index (χ0) is 10.8. The van der Waals surface area contributed by atoms with Crippen LogP contribution in [0.25, 0.3) is 0 Å². The highest BCUT2D eigenvalue weighted by Gasteiger charge is 2.30. The van der Waals surface area contributed by atoms with Crippen molar-refractivity contribution in [1.82, 2.24) is 0 Å². The van der Waals surface area contributed by atoms with Crippen molar-refractivity contribution in [3.8, 4) is 0 Å². The molecule has 0 saturated heterocycles. The molecule has 0 fully saturated rings. The minimum Gasteiger partial charge on any atom is -0.424 e. The SMILES string of the molecule is CC[C@@H]1OB(C)c2cc(SCO)ccc21. The second-order valence-corrected chi connectivity index (χ2v) is 4.76. The molecule has 2 nitrogen and oxygen atoms in total. The third-order valence-corrected chi connectivity index (χ3v) is 3.53. The van der Waals surface area contributed by atoms with Crippen LogP contribution in [0.4, 0.5) is 0 Å². The molecule has 80 valence electrons.